The standard InChI is InChI=1S/C17H18N2S/c1-11-10-16(19-15-7-5-4-6-13(11)15)17(18-3)14-8-9-20-12(14)2/h4-10,17-18H,1-3H3. The lowest BCUT2D eigenvalue weighted by atomic mass is 10.0. The number of nitrogens with one attached hydrogen (secondary N) is 1. The predicted molar refractivity (Wildman–Crippen MR) is 86.4 cm³/mol. The zero-order valence-electron chi connectivity index (χ0n) is 12.0. The molecule has 1 unspecified atom stereocenters. The summed E-state index contributed by atoms with van der Waals surface area (Å²) >= 11 is 1.78. The van der Waals surface area contributed by atoms with E-state index in [0.717, 1.165) is 11.2 Å². The van der Waals surface area contributed by atoms with Crippen molar-refractivity contribution in [2.75, 3.05) is 7.05 Å². The van der Waals surface area contributed by atoms with E-state index in [1.807, 2.05) is 13.1 Å². The summed E-state index contributed by atoms with van der Waals surface area (Å²) in [6, 6.07) is 12.9. The van der Waals surface area contributed by atoms with Crippen molar-refractivity contribution in [3.63, 3.8) is 0 Å². The van der Waals surface area contributed by atoms with Gasteiger partial charge < -0.3 is 5.32 Å². The summed E-state index contributed by atoms with van der Waals surface area (Å²) in [6.45, 7) is 4.32. The van der Waals surface area contributed by atoms with E-state index in [0.29, 0.717) is 0 Å². The van der Waals surface area contributed by atoms with Crippen LogP contribution in [0.15, 0.2) is 41.8 Å². The average molecular weight is 282 g/mol. The number of pyridine rings is 1. The van der Waals surface area contributed by atoms with Crippen LogP contribution in [-0.2, 0) is 0 Å². The average Bonchev–Trinajstić information content (AvgIpc) is 2.86. The lowest BCUT2D eigenvalue weighted by Crippen LogP contribution is -2.19. The Labute approximate surface area is 123 Å². The van der Waals surface area contributed by atoms with Crippen LogP contribution in [0, 0.1) is 13.8 Å². The second kappa shape index (κ2) is 5.35. The molecule has 2 heterocycles. The highest BCUT2D eigenvalue weighted by Gasteiger charge is 2.17. The molecule has 102 valence electrons. The van der Waals surface area contributed by atoms with Gasteiger partial charge in [0.25, 0.3) is 0 Å². The molecule has 3 heteroatoms. The van der Waals surface area contributed by atoms with Gasteiger partial charge >= 0.3 is 0 Å². The van der Waals surface area contributed by atoms with Crippen molar-refractivity contribution in [1.82, 2.24) is 10.3 Å². The maximum Gasteiger partial charge on any atom is 0.0760 e. The van der Waals surface area contributed by atoms with Gasteiger partial charge in [0.2, 0.25) is 0 Å². The van der Waals surface area contributed by atoms with Crippen LogP contribution >= 0.6 is 11.3 Å². The van der Waals surface area contributed by atoms with Gasteiger partial charge in [0.05, 0.1) is 17.3 Å². The number of hydrogen-bond donors (Lipinski definition) is 1. The van der Waals surface area contributed by atoms with Crippen molar-refractivity contribution in [3.05, 3.63) is 63.5 Å². The summed E-state index contributed by atoms with van der Waals surface area (Å²) in [4.78, 5) is 6.19. The lowest BCUT2D eigenvalue weighted by Gasteiger charge is -2.17. The van der Waals surface area contributed by atoms with Crippen LogP contribution in [0.2, 0.25) is 0 Å². The van der Waals surface area contributed by atoms with Crippen molar-refractivity contribution in [1.29, 1.82) is 0 Å². The normalized spacial score (nSPS) is 12.8. The number of thiophene rings is 1. The maximum absolute atomic E-state index is 4.85. The highest BCUT2D eigenvalue weighted by Crippen LogP contribution is 2.29. The largest absolute Gasteiger partial charge is 0.308 e. The molecule has 2 nitrogen and oxygen atoms in total. The van der Waals surface area contributed by atoms with E-state index in [2.05, 4.69) is 54.9 Å². The van der Waals surface area contributed by atoms with Gasteiger partial charge in [0, 0.05) is 10.3 Å². The van der Waals surface area contributed by atoms with Gasteiger partial charge in [0.1, 0.15) is 0 Å². The van der Waals surface area contributed by atoms with Gasteiger partial charge in [-0.1, -0.05) is 18.2 Å². The van der Waals surface area contributed by atoms with Crippen molar-refractivity contribution in [2.24, 2.45) is 0 Å². The maximum atomic E-state index is 4.85. The molecule has 1 aromatic carbocycles. The molecule has 0 saturated carbocycles. The molecule has 2 aromatic heterocycles. The third-order valence-corrected chi connectivity index (χ3v) is 4.60. The van der Waals surface area contributed by atoms with E-state index < -0.39 is 0 Å². The van der Waals surface area contributed by atoms with Crippen LogP contribution in [0.3, 0.4) is 0 Å². The molecular formula is C17H18N2S. The number of hydrogen-bond acceptors (Lipinski definition) is 3. The van der Waals surface area contributed by atoms with E-state index in [1.54, 1.807) is 11.3 Å². The summed E-state index contributed by atoms with van der Waals surface area (Å²) in [5, 5.41) is 6.77. The van der Waals surface area contributed by atoms with Gasteiger partial charge in [-0.05, 0) is 55.6 Å². The first-order valence-corrected chi connectivity index (χ1v) is 7.66. The van der Waals surface area contributed by atoms with E-state index in [-0.39, 0.29) is 6.04 Å². The van der Waals surface area contributed by atoms with E-state index in [9.17, 15) is 0 Å². The zero-order chi connectivity index (χ0) is 14.1. The third-order valence-electron chi connectivity index (χ3n) is 3.74. The van der Waals surface area contributed by atoms with Crippen LogP contribution < -0.4 is 5.32 Å². The molecule has 0 aliphatic heterocycles. The third kappa shape index (κ3) is 2.23. The number of para-hydroxylation sites is 1. The highest BCUT2D eigenvalue weighted by atomic mass is 32.1. The SMILES string of the molecule is CNC(c1cc(C)c2ccccc2n1)c1ccsc1C. The van der Waals surface area contributed by atoms with Crippen molar-refractivity contribution in [3.8, 4) is 0 Å². The van der Waals surface area contributed by atoms with Crippen LogP contribution in [0.4, 0.5) is 0 Å². The van der Waals surface area contributed by atoms with Gasteiger partial charge in [0.15, 0.2) is 0 Å². The van der Waals surface area contributed by atoms with Crippen LogP contribution in [0.1, 0.15) is 27.7 Å². The first kappa shape index (κ1) is 13.3. The van der Waals surface area contributed by atoms with E-state index >= 15 is 0 Å². The summed E-state index contributed by atoms with van der Waals surface area (Å²) in [5.74, 6) is 0. The summed E-state index contributed by atoms with van der Waals surface area (Å²) in [5.41, 5.74) is 4.75. The fourth-order valence-corrected chi connectivity index (χ4v) is 3.42. The van der Waals surface area contributed by atoms with Gasteiger partial charge in [-0.2, -0.15) is 0 Å². The first-order chi connectivity index (χ1) is 9.70. The lowest BCUT2D eigenvalue weighted by molar-refractivity contribution is 0.672. The highest BCUT2D eigenvalue weighted by molar-refractivity contribution is 7.10. The van der Waals surface area contributed by atoms with E-state index in [4.69, 9.17) is 4.98 Å². The quantitative estimate of drug-likeness (QED) is 0.778. The molecule has 0 fully saturated rings. The van der Waals surface area contributed by atoms with E-state index in [1.165, 1.54) is 21.4 Å². The Hall–Kier alpha value is -1.71. The Bertz CT molecular complexity index is 746. The molecule has 0 spiro atoms. The number of aryl methyl sites for hydroxylation is 2. The molecule has 20 heavy (non-hydrogen) atoms. The monoisotopic (exact) mass is 282 g/mol. The molecular weight excluding hydrogens is 264 g/mol. The molecule has 0 bridgehead atoms. The Balaban J connectivity index is 2.15. The fraction of sp³-hybridized carbons (Fsp3) is 0.235. The smallest absolute Gasteiger partial charge is 0.0760 e. The Kier molecular flexibility index (Phi) is 3.55. The molecule has 0 aliphatic rings. The molecule has 0 aliphatic carbocycles. The number of rotatable bonds is 3. The summed E-state index contributed by atoms with van der Waals surface area (Å²) in [6.07, 6.45) is 0. The molecule has 3 aromatic rings. The zero-order valence-corrected chi connectivity index (χ0v) is 12.8. The van der Waals surface area contributed by atoms with Crippen molar-refractivity contribution < 1.29 is 0 Å². The molecule has 1 atom stereocenters. The number of benzene rings is 1. The van der Waals surface area contributed by atoms with Gasteiger partial charge in [-0.15, -0.1) is 11.3 Å². The first-order valence-electron chi connectivity index (χ1n) is 6.78. The number of aromatic nitrogens is 1. The topological polar surface area (TPSA) is 24.9 Å². The Morgan fingerprint density at radius 2 is 1.95 bits per heavy atom. The van der Waals surface area contributed by atoms with Crippen LogP contribution in [-0.4, -0.2) is 12.0 Å². The number of nitrogens with zero attached hydrogens (tertiary/aromatic N) is 1. The fourth-order valence-electron chi connectivity index (χ4n) is 2.68. The minimum atomic E-state index is 0.157. The molecule has 1 N–H and O–H groups in total. The summed E-state index contributed by atoms with van der Waals surface area (Å²) < 4.78 is 0. The molecule has 0 amide bonds. The molecule has 0 saturated heterocycles. The Morgan fingerprint density at radius 1 is 1.15 bits per heavy atom. The second-order valence-electron chi connectivity index (χ2n) is 5.03. The van der Waals surface area contributed by atoms with Crippen molar-refractivity contribution >= 4 is 22.2 Å². The van der Waals surface area contributed by atoms with Crippen molar-refractivity contribution in [2.45, 2.75) is 19.9 Å². The van der Waals surface area contributed by atoms with Crippen LogP contribution in [0.5, 0.6) is 0 Å². The number of fused-ring (bicyclic) bond motifs is 1. The minimum absolute atomic E-state index is 0.157. The van der Waals surface area contributed by atoms with Crippen LogP contribution in [0.25, 0.3) is 10.9 Å². The molecule has 0 radical (unpaired) electrons. The predicted octanol–water partition coefficient (Wildman–Crippen LogP) is 4.22. The Morgan fingerprint density at radius 3 is 2.65 bits per heavy atom. The minimum Gasteiger partial charge on any atom is -0.308 e. The second-order valence-corrected chi connectivity index (χ2v) is 6.16. The molecule has 3 rings (SSSR count). The van der Waals surface area contributed by atoms with Gasteiger partial charge in [-0.3, -0.25) is 4.98 Å². The van der Waals surface area contributed by atoms with Gasteiger partial charge in [-0.25, -0.2) is 0 Å². The summed E-state index contributed by atoms with van der Waals surface area (Å²) in [7, 11) is 1.99.